The van der Waals surface area contributed by atoms with Crippen molar-refractivity contribution in [2.75, 3.05) is 0 Å². The van der Waals surface area contributed by atoms with E-state index < -0.39 is 0 Å². The fourth-order valence-electron chi connectivity index (χ4n) is 0.498. The van der Waals surface area contributed by atoms with Crippen LogP contribution in [0.3, 0.4) is 0 Å². The first-order valence-corrected chi connectivity index (χ1v) is 3.12. The fraction of sp³-hybridized carbons (Fsp3) is 0. The van der Waals surface area contributed by atoms with E-state index >= 15 is 0 Å². The molecule has 0 saturated heterocycles. The summed E-state index contributed by atoms with van der Waals surface area (Å²) < 4.78 is 11.7. The van der Waals surface area contributed by atoms with E-state index in [1.165, 1.54) is 24.3 Å². The van der Waals surface area contributed by atoms with Crippen molar-refractivity contribution in [3.8, 4) is 5.75 Å². The third-order valence-corrected chi connectivity index (χ3v) is 1.38. The molecule has 0 aliphatic heterocycles. The van der Waals surface area contributed by atoms with E-state index in [-0.39, 0.29) is 17.9 Å². The summed E-state index contributed by atoms with van der Waals surface area (Å²) in [6, 6.07) is 5.92. The average Bonchev–Trinajstić information content (AvgIpc) is 1.90. The van der Waals surface area contributed by atoms with Crippen LogP contribution >= 0.6 is 12.1 Å². The molecule has 0 radical (unpaired) electrons. The predicted molar refractivity (Wildman–Crippen MR) is 35.1 cm³/mol. The van der Waals surface area contributed by atoms with Crippen molar-refractivity contribution < 1.29 is 8.99 Å². The van der Waals surface area contributed by atoms with Gasteiger partial charge in [0.15, 0.2) is 0 Å². The molecule has 1 aromatic carbocycles. The molecule has 0 bridgehead atoms. The number of phenols is 1. The second kappa shape index (κ2) is 2.73. The maximum Gasteiger partial charge on any atom is 0.115 e. The van der Waals surface area contributed by atoms with Gasteiger partial charge in [0.2, 0.25) is 0 Å². The van der Waals surface area contributed by atoms with Gasteiger partial charge in [0, 0.05) is 4.90 Å². The Hall–Kier alpha value is -0.700. The number of hydrogen-bond acceptors (Lipinski definition) is 2. The Morgan fingerprint density at radius 2 is 1.78 bits per heavy atom. The lowest BCUT2D eigenvalue weighted by molar-refractivity contribution is 0.475. The first-order chi connectivity index (χ1) is 4.33. The van der Waals surface area contributed by atoms with Gasteiger partial charge in [0.25, 0.3) is 0 Å². The summed E-state index contributed by atoms with van der Waals surface area (Å²) in [6.45, 7) is 0. The van der Waals surface area contributed by atoms with Crippen LogP contribution in [0, 0.1) is 0 Å². The predicted octanol–water partition coefficient (Wildman–Crippen LogP) is 2.37. The quantitative estimate of drug-likeness (QED) is 0.653. The highest BCUT2D eigenvalue weighted by atomic mass is 32.2. The highest BCUT2D eigenvalue weighted by Crippen LogP contribution is 2.20. The van der Waals surface area contributed by atoms with Gasteiger partial charge in [-0.3, -0.25) is 0 Å². The summed E-state index contributed by atoms with van der Waals surface area (Å²) >= 11 is 0.166. The number of phenolic OH excluding ortho intramolecular Hbond substituents is 1. The van der Waals surface area contributed by atoms with Crippen molar-refractivity contribution in [1.29, 1.82) is 0 Å². The molecular formula is C6H5FOS. The van der Waals surface area contributed by atoms with E-state index in [1.54, 1.807) is 0 Å². The Bertz CT molecular complexity index is 185. The third-order valence-electron chi connectivity index (χ3n) is 0.926. The Morgan fingerprint density at radius 1 is 1.22 bits per heavy atom. The summed E-state index contributed by atoms with van der Waals surface area (Å²) in [5, 5.41) is 8.72. The number of rotatable bonds is 1. The summed E-state index contributed by atoms with van der Waals surface area (Å²) in [6.07, 6.45) is 0. The maximum absolute atomic E-state index is 11.7. The first kappa shape index (κ1) is 6.42. The number of hydrogen-bond donors (Lipinski definition) is 1. The van der Waals surface area contributed by atoms with Gasteiger partial charge in [-0.25, -0.2) is 0 Å². The van der Waals surface area contributed by atoms with Crippen LogP contribution in [0.1, 0.15) is 0 Å². The van der Waals surface area contributed by atoms with E-state index in [1.807, 2.05) is 0 Å². The largest absolute Gasteiger partial charge is 0.508 e. The highest BCUT2D eigenvalue weighted by molar-refractivity contribution is 7.94. The minimum absolute atomic E-state index is 0.160. The monoisotopic (exact) mass is 144 g/mol. The summed E-state index contributed by atoms with van der Waals surface area (Å²) in [5.74, 6) is 0.160. The molecule has 3 heteroatoms. The average molecular weight is 144 g/mol. The van der Waals surface area contributed by atoms with Crippen molar-refractivity contribution in [2.45, 2.75) is 4.90 Å². The molecule has 0 amide bonds. The van der Waals surface area contributed by atoms with Gasteiger partial charge in [0.1, 0.15) is 5.75 Å². The van der Waals surface area contributed by atoms with Gasteiger partial charge in [-0.1, -0.05) is 0 Å². The van der Waals surface area contributed by atoms with E-state index in [0.29, 0.717) is 4.90 Å². The normalized spacial score (nSPS) is 9.44. The lowest BCUT2D eigenvalue weighted by Crippen LogP contribution is -1.64. The van der Waals surface area contributed by atoms with Gasteiger partial charge >= 0.3 is 0 Å². The molecule has 0 unspecified atom stereocenters. The topological polar surface area (TPSA) is 20.2 Å². The van der Waals surface area contributed by atoms with Crippen LogP contribution in [0.5, 0.6) is 5.75 Å². The fourth-order valence-corrected chi connectivity index (χ4v) is 0.737. The van der Waals surface area contributed by atoms with Gasteiger partial charge in [0.05, 0.1) is 12.1 Å². The van der Waals surface area contributed by atoms with Crippen LogP contribution in [0.25, 0.3) is 0 Å². The third kappa shape index (κ3) is 1.61. The maximum atomic E-state index is 11.7. The minimum atomic E-state index is 0.160. The Labute approximate surface area is 56.8 Å². The van der Waals surface area contributed by atoms with E-state index in [4.69, 9.17) is 5.11 Å². The molecule has 0 aliphatic rings. The Kier molecular flexibility index (Phi) is 1.95. The molecule has 0 fully saturated rings. The number of halogens is 1. The van der Waals surface area contributed by atoms with Gasteiger partial charge in [-0.2, -0.15) is 3.89 Å². The van der Waals surface area contributed by atoms with Gasteiger partial charge < -0.3 is 5.11 Å². The van der Waals surface area contributed by atoms with Crippen molar-refractivity contribution in [1.82, 2.24) is 0 Å². The van der Waals surface area contributed by atoms with Gasteiger partial charge in [-0.05, 0) is 24.3 Å². The zero-order valence-electron chi connectivity index (χ0n) is 4.54. The Balaban J connectivity index is 2.88. The van der Waals surface area contributed by atoms with E-state index in [0.717, 1.165) is 0 Å². The molecule has 0 spiro atoms. The van der Waals surface area contributed by atoms with Crippen LogP contribution in [-0.4, -0.2) is 5.11 Å². The summed E-state index contributed by atoms with van der Waals surface area (Å²) in [4.78, 5) is 0.507. The zero-order chi connectivity index (χ0) is 6.69. The smallest absolute Gasteiger partial charge is 0.115 e. The lowest BCUT2D eigenvalue weighted by Gasteiger charge is -1.90. The SMILES string of the molecule is Oc1ccc(SF)cc1. The molecule has 0 aliphatic carbocycles. The molecule has 48 valence electrons. The van der Waals surface area contributed by atoms with Crippen LogP contribution < -0.4 is 0 Å². The van der Waals surface area contributed by atoms with Crippen LogP contribution in [0.15, 0.2) is 29.2 Å². The second-order valence-corrected chi connectivity index (χ2v) is 2.20. The first-order valence-electron chi connectivity index (χ1n) is 2.40. The van der Waals surface area contributed by atoms with E-state index in [2.05, 4.69) is 0 Å². The van der Waals surface area contributed by atoms with Gasteiger partial charge in [-0.15, -0.1) is 0 Å². The van der Waals surface area contributed by atoms with Crippen molar-refractivity contribution in [2.24, 2.45) is 0 Å². The van der Waals surface area contributed by atoms with E-state index in [9.17, 15) is 3.89 Å². The summed E-state index contributed by atoms with van der Waals surface area (Å²) in [7, 11) is 0. The molecule has 0 atom stereocenters. The molecule has 0 aromatic heterocycles. The molecule has 1 aromatic rings. The highest BCUT2D eigenvalue weighted by Gasteiger charge is 1.90. The number of aromatic hydroxyl groups is 1. The molecule has 0 heterocycles. The second-order valence-electron chi connectivity index (χ2n) is 1.57. The lowest BCUT2D eigenvalue weighted by atomic mass is 10.3. The van der Waals surface area contributed by atoms with Crippen LogP contribution in [-0.2, 0) is 0 Å². The molecule has 1 nitrogen and oxygen atoms in total. The molecule has 0 saturated carbocycles. The molecule has 1 N–H and O–H groups in total. The standard InChI is InChI=1S/C6H5FOS/c7-9-6-3-1-5(8)2-4-6/h1-4,8H. The van der Waals surface area contributed by atoms with Crippen molar-refractivity contribution >= 4 is 12.1 Å². The molecular weight excluding hydrogens is 139 g/mol. The van der Waals surface area contributed by atoms with Crippen LogP contribution in [0.4, 0.5) is 3.89 Å². The van der Waals surface area contributed by atoms with Crippen molar-refractivity contribution in [3.63, 3.8) is 0 Å². The minimum Gasteiger partial charge on any atom is -0.508 e. The summed E-state index contributed by atoms with van der Waals surface area (Å²) in [5.41, 5.74) is 0. The molecule has 9 heavy (non-hydrogen) atoms. The van der Waals surface area contributed by atoms with Crippen molar-refractivity contribution in [3.05, 3.63) is 24.3 Å². The zero-order valence-corrected chi connectivity index (χ0v) is 5.36. The number of benzene rings is 1. The molecule has 1 rings (SSSR count). The Morgan fingerprint density at radius 3 is 2.22 bits per heavy atom. The van der Waals surface area contributed by atoms with Crippen LogP contribution in [0.2, 0.25) is 0 Å².